The van der Waals surface area contributed by atoms with E-state index in [0.29, 0.717) is 10.0 Å². The van der Waals surface area contributed by atoms with Crippen LogP contribution in [-0.4, -0.2) is 7.05 Å². The van der Waals surface area contributed by atoms with Crippen LogP contribution in [-0.2, 0) is 6.42 Å². The van der Waals surface area contributed by atoms with Gasteiger partial charge in [-0.05, 0) is 59.8 Å². The maximum atomic E-state index is 14.2. The van der Waals surface area contributed by atoms with Crippen molar-refractivity contribution in [2.24, 2.45) is 0 Å². The first-order valence-corrected chi connectivity index (χ1v) is 8.51. The van der Waals surface area contributed by atoms with Crippen molar-refractivity contribution in [2.75, 3.05) is 7.05 Å². The minimum atomic E-state index is -0.337. The molecule has 0 aliphatic heterocycles. The summed E-state index contributed by atoms with van der Waals surface area (Å²) in [6, 6.07) is 7.77. The van der Waals surface area contributed by atoms with Gasteiger partial charge in [-0.25, -0.2) is 4.39 Å². The van der Waals surface area contributed by atoms with Crippen molar-refractivity contribution >= 4 is 38.9 Å². The van der Waals surface area contributed by atoms with E-state index in [4.69, 9.17) is 11.6 Å². The van der Waals surface area contributed by atoms with E-state index in [1.54, 1.807) is 23.5 Å². The van der Waals surface area contributed by atoms with Gasteiger partial charge in [-0.3, -0.25) is 0 Å². The van der Waals surface area contributed by atoms with E-state index in [0.717, 1.165) is 19.3 Å². The van der Waals surface area contributed by atoms with E-state index in [2.05, 4.69) is 38.8 Å². The minimum Gasteiger partial charge on any atom is -0.313 e. The lowest BCUT2D eigenvalue weighted by atomic mass is 10.0. The zero-order valence-electron chi connectivity index (χ0n) is 11.1. The maximum absolute atomic E-state index is 14.2. The Morgan fingerprint density at radius 2 is 2.20 bits per heavy atom. The van der Waals surface area contributed by atoms with Crippen LogP contribution < -0.4 is 5.32 Å². The number of hydrogen-bond acceptors (Lipinski definition) is 2. The highest BCUT2D eigenvalue weighted by atomic mass is 79.9. The van der Waals surface area contributed by atoms with Crippen LogP contribution in [0, 0.1) is 5.82 Å². The quantitative estimate of drug-likeness (QED) is 0.648. The maximum Gasteiger partial charge on any atom is 0.147 e. The Kier molecular flexibility index (Phi) is 6.02. The predicted molar refractivity (Wildman–Crippen MR) is 88.2 cm³/mol. The third-order valence-electron chi connectivity index (χ3n) is 3.29. The zero-order chi connectivity index (χ0) is 14.5. The molecule has 0 saturated heterocycles. The number of halogens is 3. The first-order chi connectivity index (χ1) is 9.63. The Hall–Kier alpha value is -0.420. The smallest absolute Gasteiger partial charge is 0.147 e. The summed E-state index contributed by atoms with van der Waals surface area (Å²) in [6.45, 7) is 0. The zero-order valence-corrected chi connectivity index (χ0v) is 14.3. The summed E-state index contributed by atoms with van der Waals surface area (Å²) in [6.07, 6.45) is 2.92. The van der Waals surface area contributed by atoms with Gasteiger partial charge in [0.05, 0.1) is 5.02 Å². The average molecular weight is 377 g/mol. The standard InChI is InChI=1S/C15H16BrClFNS/c1-19-13(6-2-4-10-5-3-9-20-10)11-7-8-12(16)14(17)15(11)18/h3,5,7-9,13,19H,2,4,6H2,1H3. The summed E-state index contributed by atoms with van der Waals surface area (Å²) in [5.41, 5.74) is 0.631. The molecular formula is C15H16BrClFNS. The van der Waals surface area contributed by atoms with Gasteiger partial charge in [-0.2, -0.15) is 0 Å². The van der Waals surface area contributed by atoms with Gasteiger partial charge in [0.15, 0.2) is 0 Å². The van der Waals surface area contributed by atoms with Crippen molar-refractivity contribution in [3.05, 3.63) is 55.4 Å². The molecule has 0 radical (unpaired) electrons. The van der Waals surface area contributed by atoms with Gasteiger partial charge < -0.3 is 5.32 Å². The van der Waals surface area contributed by atoms with Crippen LogP contribution in [0.2, 0.25) is 5.02 Å². The molecule has 0 bridgehead atoms. The number of nitrogens with one attached hydrogen (secondary N) is 1. The fourth-order valence-corrected chi connectivity index (χ4v) is 3.43. The lowest BCUT2D eigenvalue weighted by Gasteiger charge is -2.18. The Morgan fingerprint density at radius 3 is 2.85 bits per heavy atom. The van der Waals surface area contributed by atoms with Crippen LogP contribution in [0.5, 0.6) is 0 Å². The molecular weight excluding hydrogens is 361 g/mol. The highest BCUT2D eigenvalue weighted by molar-refractivity contribution is 9.10. The Bertz CT molecular complexity index is 559. The molecule has 1 heterocycles. The van der Waals surface area contributed by atoms with E-state index in [-0.39, 0.29) is 16.9 Å². The molecule has 108 valence electrons. The molecule has 1 atom stereocenters. The third-order valence-corrected chi connectivity index (χ3v) is 5.48. The summed E-state index contributed by atoms with van der Waals surface area (Å²) in [5.74, 6) is -0.337. The van der Waals surface area contributed by atoms with E-state index < -0.39 is 0 Å². The van der Waals surface area contributed by atoms with Gasteiger partial charge in [0.25, 0.3) is 0 Å². The molecule has 0 amide bonds. The molecule has 1 aromatic carbocycles. The molecule has 0 spiro atoms. The summed E-state index contributed by atoms with van der Waals surface area (Å²) >= 11 is 11.0. The molecule has 2 aromatic rings. The van der Waals surface area contributed by atoms with Gasteiger partial charge in [0, 0.05) is 21.0 Å². The molecule has 2 rings (SSSR count). The largest absolute Gasteiger partial charge is 0.313 e. The van der Waals surface area contributed by atoms with Crippen LogP contribution in [0.3, 0.4) is 0 Å². The van der Waals surface area contributed by atoms with E-state index >= 15 is 0 Å². The van der Waals surface area contributed by atoms with E-state index in [1.807, 2.05) is 7.05 Å². The molecule has 1 nitrogen and oxygen atoms in total. The highest BCUT2D eigenvalue weighted by Gasteiger charge is 2.17. The van der Waals surface area contributed by atoms with Crippen molar-refractivity contribution in [1.29, 1.82) is 0 Å². The van der Waals surface area contributed by atoms with Crippen LogP contribution in [0.4, 0.5) is 4.39 Å². The molecule has 0 aliphatic rings. The molecule has 0 aliphatic carbocycles. The van der Waals surface area contributed by atoms with E-state index in [1.165, 1.54) is 4.88 Å². The molecule has 0 fully saturated rings. The minimum absolute atomic E-state index is 0.0134. The molecule has 1 N–H and O–H groups in total. The summed E-state index contributed by atoms with van der Waals surface area (Å²) < 4.78 is 14.8. The van der Waals surface area contributed by atoms with Crippen molar-refractivity contribution < 1.29 is 4.39 Å². The van der Waals surface area contributed by atoms with Gasteiger partial charge in [-0.1, -0.05) is 23.7 Å². The fourth-order valence-electron chi connectivity index (χ4n) is 2.20. The molecule has 20 heavy (non-hydrogen) atoms. The summed E-state index contributed by atoms with van der Waals surface area (Å²) in [5, 5.41) is 5.41. The number of benzene rings is 1. The molecule has 1 aromatic heterocycles. The highest BCUT2D eigenvalue weighted by Crippen LogP contribution is 2.32. The Morgan fingerprint density at radius 1 is 1.40 bits per heavy atom. The van der Waals surface area contributed by atoms with Gasteiger partial charge in [-0.15, -0.1) is 11.3 Å². The van der Waals surface area contributed by atoms with E-state index in [9.17, 15) is 4.39 Å². The van der Waals surface area contributed by atoms with Crippen LogP contribution in [0.15, 0.2) is 34.1 Å². The average Bonchev–Trinajstić information content (AvgIpc) is 2.95. The van der Waals surface area contributed by atoms with Crippen LogP contribution >= 0.6 is 38.9 Å². The first kappa shape index (κ1) is 16.0. The van der Waals surface area contributed by atoms with Gasteiger partial charge in [0.2, 0.25) is 0 Å². The van der Waals surface area contributed by atoms with Crippen molar-refractivity contribution in [2.45, 2.75) is 25.3 Å². The Labute approximate surface area is 136 Å². The number of aryl methyl sites for hydroxylation is 1. The van der Waals surface area contributed by atoms with Crippen molar-refractivity contribution in [3.63, 3.8) is 0 Å². The summed E-state index contributed by atoms with van der Waals surface area (Å²) in [4.78, 5) is 1.37. The normalized spacial score (nSPS) is 12.6. The predicted octanol–water partition coefficient (Wildman–Crippen LogP) is 5.59. The first-order valence-electron chi connectivity index (χ1n) is 6.46. The molecule has 0 saturated carbocycles. The number of rotatable bonds is 6. The second kappa shape index (κ2) is 7.55. The second-order valence-corrected chi connectivity index (χ2v) is 6.84. The van der Waals surface area contributed by atoms with Gasteiger partial charge in [0.1, 0.15) is 5.82 Å². The third kappa shape index (κ3) is 3.82. The van der Waals surface area contributed by atoms with Crippen LogP contribution in [0.25, 0.3) is 0 Å². The lowest BCUT2D eigenvalue weighted by Crippen LogP contribution is -2.18. The Balaban J connectivity index is 2.03. The topological polar surface area (TPSA) is 12.0 Å². The fraction of sp³-hybridized carbons (Fsp3) is 0.333. The lowest BCUT2D eigenvalue weighted by molar-refractivity contribution is 0.495. The second-order valence-electron chi connectivity index (χ2n) is 4.58. The van der Waals surface area contributed by atoms with Crippen molar-refractivity contribution in [1.82, 2.24) is 5.32 Å². The number of hydrogen-bond donors (Lipinski definition) is 1. The van der Waals surface area contributed by atoms with Crippen molar-refractivity contribution in [3.8, 4) is 0 Å². The number of thiophene rings is 1. The van der Waals surface area contributed by atoms with Gasteiger partial charge >= 0.3 is 0 Å². The summed E-state index contributed by atoms with van der Waals surface area (Å²) in [7, 11) is 1.85. The molecule has 1 unspecified atom stereocenters. The van der Waals surface area contributed by atoms with Crippen LogP contribution in [0.1, 0.15) is 29.3 Å². The monoisotopic (exact) mass is 375 g/mol. The molecule has 5 heteroatoms. The SMILES string of the molecule is CNC(CCCc1cccs1)c1ccc(Br)c(Cl)c1F.